The Bertz CT molecular complexity index is 547. The van der Waals surface area contributed by atoms with Crippen LogP contribution in [0.15, 0.2) is 12.1 Å². The third-order valence-corrected chi connectivity index (χ3v) is 5.00. The highest BCUT2D eigenvalue weighted by Gasteiger charge is 2.28. The molecule has 1 aliphatic rings. The van der Waals surface area contributed by atoms with Crippen molar-refractivity contribution in [1.82, 2.24) is 5.32 Å². The summed E-state index contributed by atoms with van der Waals surface area (Å²) < 4.78 is 10.4. The van der Waals surface area contributed by atoms with E-state index in [-0.39, 0.29) is 11.9 Å². The molecule has 122 valence electrons. The zero-order chi connectivity index (χ0) is 16.3. The summed E-state index contributed by atoms with van der Waals surface area (Å²) in [7, 11) is 3.05. The van der Waals surface area contributed by atoms with Crippen molar-refractivity contribution in [2.75, 3.05) is 14.2 Å². The monoisotopic (exact) mass is 325 g/mol. The molecule has 4 nitrogen and oxygen atoms in total. The molecule has 1 N–H and O–H groups in total. The molecule has 1 aromatic rings. The van der Waals surface area contributed by atoms with Crippen LogP contribution in [0.5, 0.6) is 11.5 Å². The molecule has 1 amide bonds. The molecule has 22 heavy (non-hydrogen) atoms. The van der Waals surface area contributed by atoms with Gasteiger partial charge in [-0.25, -0.2) is 0 Å². The Balaban J connectivity index is 2.17. The molecule has 0 unspecified atom stereocenters. The maximum Gasteiger partial charge on any atom is 0.251 e. The van der Waals surface area contributed by atoms with Crippen molar-refractivity contribution in [3.05, 3.63) is 22.7 Å². The number of carbonyl (C=O) groups excluding carboxylic acids is 1. The number of nitrogens with one attached hydrogen (secondary N) is 1. The van der Waals surface area contributed by atoms with Gasteiger partial charge >= 0.3 is 0 Å². The number of halogens is 1. The molecule has 0 saturated heterocycles. The Morgan fingerprint density at radius 2 is 1.95 bits per heavy atom. The standard InChI is InChI=1S/C17H24ClNO3/c1-10-6-5-7-14(11(10)2)19-17(20)12-8-13(18)16(22-4)15(9-12)21-3/h8-11,14H,5-7H2,1-4H3,(H,19,20)/t10-,11-,14+/m1/s1. The minimum absolute atomic E-state index is 0.117. The lowest BCUT2D eigenvalue weighted by Crippen LogP contribution is -2.43. The van der Waals surface area contributed by atoms with Crippen LogP contribution in [0.3, 0.4) is 0 Å². The topological polar surface area (TPSA) is 47.6 Å². The van der Waals surface area contributed by atoms with E-state index in [0.717, 1.165) is 12.8 Å². The normalized spacial score (nSPS) is 24.7. The molecule has 1 saturated carbocycles. The van der Waals surface area contributed by atoms with Crippen LogP contribution >= 0.6 is 11.6 Å². The summed E-state index contributed by atoms with van der Waals surface area (Å²) in [6, 6.07) is 3.50. The first-order valence-electron chi connectivity index (χ1n) is 7.70. The second kappa shape index (κ2) is 7.23. The summed E-state index contributed by atoms with van der Waals surface area (Å²) in [6.07, 6.45) is 3.41. The van der Waals surface area contributed by atoms with E-state index in [9.17, 15) is 4.79 Å². The number of hydrogen-bond acceptors (Lipinski definition) is 3. The van der Waals surface area contributed by atoms with Crippen LogP contribution in [0.25, 0.3) is 0 Å². The van der Waals surface area contributed by atoms with Crippen molar-refractivity contribution in [1.29, 1.82) is 0 Å². The van der Waals surface area contributed by atoms with E-state index in [2.05, 4.69) is 19.2 Å². The SMILES string of the molecule is COc1cc(C(=O)N[C@H]2CCC[C@@H](C)[C@H]2C)cc(Cl)c1OC. The molecule has 0 bridgehead atoms. The molecule has 0 spiro atoms. The fourth-order valence-corrected chi connectivity index (χ4v) is 3.37. The fraction of sp³-hybridized carbons (Fsp3) is 0.588. The molecule has 0 radical (unpaired) electrons. The van der Waals surface area contributed by atoms with Crippen LogP contribution < -0.4 is 14.8 Å². The second-order valence-corrected chi connectivity index (χ2v) is 6.45. The van der Waals surface area contributed by atoms with E-state index in [1.165, 1.54) is 20.6 Å². The molecule has 3 atom stereocenters. The lowest BCUT2D eigenvalue weighted by atomic mass is 9.78. The smallest absolute Gasteiger partial charge is 0.251 e. The number of rotatable bonds is 4. The fourth-order valence-electron chi connectivity index (χ4n) is 3.09. The molecule has 0 heterocycles. The Morgan fingerprint density at radius 1 is 1.23 bits per heavy atom. The highest BCUT2D eigenvalue weighted by Crippen LogP contribution is 2.36. The van der Waals surface area contributed by atoms with Gasteiger partial charge in [-0.2, -0.15) is 0 Å². The van der Waals surface area contributed by atoms with Gasteiger partial charge in [0.2, 0.25) is 0 Å². The van der Waals surface area contributed by atoms with Crippen molar-refractivity contribution in [3.8, 4) is 11.5 Å². The van der Waals surface area contributed by atoms with Gasteiger partial charge in [-0.15, -0.1) is 0 Å². The largest absolute Gasteiger partial charge is 0.493 e. The number of methoxy groups -OCH3 is 2. The van der Waals surface area contributed by atoms with Gasteiger partial charge in [0.15, 0.2) is 11.5 Å². The van der Waals surface area contributed by atoms with Gasteiger partial charge in [-0.1, -0.05) is 38.3 Å². The highest BCUT2D eigenvalue weighted by molar-refractivity contribution is 6.32. The van der Waals surface area contributed by atoms with Gasteiger partial charge in [0.1, 0.15) is 0 Å². The lowest BCUT2D eigenvalue weighted by molar-refractivity contribution is 0.0890. The molecule has 0 aliphatic heterocycles. The Labute approximate surface area is 137 Å². The van der Waals surface area contributed by atoms with Crippen LogP contribution in [-0.2, 0) is 0 Å². The summed E-state index contributed by atoms with van der Waals surface area (Å²) in [5.74, 6) is 1.90. The van der Waals surface area contributed by atoms with Crippen LogP contribution in [0.4, 0.5) is 0 Å². The highest BCUT2D eigenvalue weighted by atomic mass is 35.5. The first kappa shape index (κ1) is 16.9. The van der Waals surface area contributed by atoms with E-state index in [0.29, 0.717) is 33.9 Å². The van der Waals surface area contributed by atoms with E-state index in [4.69, 9.17) is 21.1 Å². The van der Waals surface area contributed by atoms with Crippen LogP contribution in [0, 0.1) is 11.8 Å². The molecular weight excluding hydrogens is 302 g/mol. The number of ether oxygens (including phenoxy) is 2. The van der Waals surface area contributed by atoms with Crippen molar-refractivity contribution in [3.63, 3.8) is 0 Å². The zero-order valence-corrected chi connectivity index (χ0v) is 14.4. The molecular formula is C17H24ClNO3. The molecule has 0 aromatic heterocycles. The Kier molecular flexibility index (Phi) is 5.57. The number of hydrogen-bond donors (Lipinski definition) is 1. The quantitative estimate of drug-likeness (QED) is 0.913. The first-order chi connectivity index (χ1) is 10.5. The third kappa shape index (κ3) is 3.49. The van der Waals surface area contributed by atoms with Crippen molar-refractivity contribution < 1.29 is 14.3 Å². The summed E-state index contributed by atoms with van der Waals surface area (Å²) >= 11 is 6.17. The minimum atomic E-state index is -0.117. The van der Waals surface area contributed by atoms with Crippen LogP contribution in [0.2, 0.25) is 5.02 Å². The average Bonchev–Trinajstić information content (AvgIpc) is 2.50. The predicted octanol–water partition coefficient (Wildman–Crippen LogP) is 3.91. The average molecular weight is 326 g/mol. The van der Waals surface area contributed by atoms with Gasteiger partial charge in [0.25, 0.3) is 5.91 Å². The van der Waals surface area contributed by atoms with Crippen molar-refractivity contribution >= 4 is 17.5 Å². The Hall–Kier alpha value is -1.42. The maximum absolute atomic E-state index is 12.5. The van der Waals surface area contributed by atoms with Gasteiger partial charge in [-0.3, -0.25) is 4.79 Å². The molecule has 5 heteroatoms. The molecule has 1 aromatic carbocycles. The van der Waals surface area contributed by atoms with Crippen LogP contribution in [0.1, 0.15) is 43.5 Å². The van der Waals surface area contributed by atoms with Gasteiger partial charge in [-0.05, 0) is 30.4 Å². The van der Waals surface area contributed by atoms with Gasteiger partial charge in [0.05, 0.1) is 19.2 Å². The number of amides is 1. The van der Waals surface area contributed by atoms with E-state index >= 15 is 0 Å². The van der Waals surface area contributed by atoms with E-state index in [1.54, 1.807) is 12.1 Å². The zero-order valence-electron chi connectivity index (χ0n) is 13.6. The van der Waals surface area contributed by atoms with Gasteiger partial charge < -0.3 is 14.8 Å². The lowest BCUT2D eigenvalue weighted by Gasteiger charge is -2.34. The summed E-state index contributed by atoms with van der Waals surface area (Å²) in [5, 5.41) is 3.51. The summed E-state index contributed by atoms with van der Waals surface area (Å²) in [6.45, 7) is 4.45. The van der Waals surface area contributed by atoms with Crippen molar-refractivity contribution in [2.45, 2.75) is 39.2 Å². The summed E-state index contributed by atoms with van der Waals surface area (Å²) in [4.78, 5) is 12.5. The first-order valence-corrected chi connectivity index (χ1v) is 8.08. The molecule has 1 aliphatic carbocycles. The summed E-state index contributed by atoms with van der Waals surface area (Å²) in [5.41, 5.74) is 0.494. The second-order valence-electron chi connectivity index (χ2n) is 6.04. The molecule has 2 rings (SSSR count). The van der Waals surface area contributed by atoms with Crippen LogP contribution in [-0.4, -0.2) is 26.2 Å². The number of carbonyl (C=O) groups is 1. The van der Waals surface area contributed by atoms with Gasteiger partial charge in [0, 0.05) is 11.6 Å². The molecule has 1 fully saturated rings. The van der Waals surface area contributed by atoms with Crippen molar-refractivity contribution in [2.24, 2.45) is 11.8 Å². The van der Waals surface area contributed by atoms with E-state index < -0.39 is 0 Å². The Morgan fingerprint density at radius 3 is 2.59 bits per heavy atom. The maximum atomic E-state index is 12.5. The third-order valence-electron chi connectivity index (χ3n) is 4.72. The van der Waals surface area contributed by atoms with E-state index in [1.807, 2.05) is 0 Å². The number of benzene rings is 1. The minimum Gasteiger partial charge on any atom is -0.493 e. The predicted molar refractivity (Wildman–Crippen MR) is 88.0 cm³/mol.